The summed E-state index contributed by atoms with van der Waals surface area (Å²) in [6.07, 6.45) is 0. The lowest BCUT2D eigenvalue weighted by Gasteiger charge is -2.03. The molecule has 2 aromatic rings. The first-order chi connectivity index (χ1) is 8.18. The number of nitrogens with one attached hydrogen (secondary N) is 1. The third kappa shape index (κ3) is 1.53. The Morgan fingerprint density at radius 2 is 2.24 bits per heavy atom. The van der Waals surface area contributed by atoms with E-state index in [1.807, 2.05) is 12.1 Å². The van der Waals surface area contributed by atoms with Gasteiger partial charge in [0.15, 0.2) is 0 Å². The summed E-state index contributed by atoms with van der Waals surface area (Å²) in [6, 6.07) is 6.00. The van der Waals surface area contributed by atoms with E-state index in [0.717, 1.165) is 23.9 Å². The molecule has 1 aliphatic heterocycles. The summed E-state index contributed by atoms with van der Waals surface area (Å²) >= 11 is 6.09. The maximum atomic E-state index is 6.09. The summed E-state index contributed by atoms with van der Waals surface area (Å²) in [7, 11) is 2.07. The molecule has 1 aromatic carbocycles. The second-order valence-corrected chi connectivity index (χ2v) is 4.77. The van der Waals surface area contributed by atoms with Crippen LogP contribution in [0.5, 0.6) is 0 Å². The fourth-order valence-corrected chi connectivity index (χ4v) is 2.58. The van der Waals surface area contributed by atoms with E-state index < -0.39 is 0 Å². The minimum atomic E-state index is 0.767. The van der Waals surface area contributed by atoms with Crippen molar-refractivity contribution in [3.63, 3.8) is 0 Å². The summed E-state index contributed by atoms with van der Waals surface area (Å²) in [5.74, 6) is 0.996. The lowest BCUT2D eigenvalue weighted by Crippen LogP contribution is -2.20. The topological polar surface area (TPSA) is 29.3 Å². The van der Waals surface area contributed by atoms with E-state index in [9.17, 15) is 0 Å². The van der Waals surface area contributed by atoms with Crippen LogP contribution < -0.4 is 5.32 Å². The summed E-state index contributed by atoms with van der Waals surface area (Å²) < 4.78 is 2.18. The Kier molecular flexibility index (Phi) is 2.37. The van der Waals surface area contributed by atoms with Crippen LogP contribution in [0.1, 0.15) is 11.3 Å². The molecule has 1 aromatic heterocycles. The first-order valence-corrected chi connectivity index (χ1v) is 6.09. The summed E-state index contributed by atoms with van der Waals surface area (Å²) in [6.45, 7) is 3.89. The Balaban J connectivity index is 2.35. The molecule has 0 spiro atoms. The van der Waals surface area contributed by atoms with Crippen molar-refractivity contribution in [2.75, 3.05) is 13.1 Å². The number of benzene rings is 1. The van der Waals surface area contributed by atoms with E-state index in [1.165, 1.54) is 22.2 Å². The Hall–Kier alpha value is -1.48. The molecule has 0 amide bonds. The van der Waals surface area contributed by atoms with Gasteiger partial charge in [-0.1, -0.05) is 11.6 Å². The van der Waals surface area contributed by atoms with E-state index >= 15 is 0 Å². The predicted molar refractivity (Wildman–Crippen MR) is 72.1 cm³/mol. The molecule has 0 saturated carbocycles. The standard InChI is InChI=1S/C13H14ClN3/c1-8-12(13-15-5-6-16-13)10-7-9(14)3-4-11(10)17(8)2/h3-4,7H,5-6H2,1-2H3,(H,15,16). The van der Waals surface area contributed by atoms with Crippen molar-refractivity contribution in [2.45, 2.75) is 6.92 Å². The molecule has 17 heavy (non-hydrogen) atoms. The van der Waals surface area contributed by atoms with Crippen LogP contribution in [-0.4, -0.2) is 23.5 Å². The number of fused-ring (bicyclic) bond motifs is 1. The number of rotatable bonds is 1. The Morgan fingerprint density at radius 1 is 1.41 bits per heavy atom. The molecule has 1 N–H and O–H groups in total. The van der Waals surface area contributed by atoms with Crippen molar-refractivity contribution in [1.82, 2.24) is 9.88 Å². The van der Waals surface area contributed by atoms with Gasteiger partial charge in [-0.25, -0.2) is 0 Å². The third-order valence-electron chi connectivity index (χ3n) is 3.37. The van der Waals surface area contributed by atoms with Crippen molar-refractivity contribution in [3.8, 4) is 0 Å². The van der Waals surface area contributed by atoms with E-state index in [-0.39, 0.29) is 0 Å². The summed E-state index contributed by atoms with van der Waals surface area (Å²) in [4.78, 5) is 4.51. The molecule has 0 unspecified atom stereocenters. The van der Waals surface area contributed by atoms with E-state index in [2.05, 4.69) is 34.9 Å². The monoisotopic (exact) mass is 247 g/mol. The zero-order valence-corrected chi connectivity index (χ0v) is 10.7. The highest BCUT2D eigenvalue weighted by molar-refractivity contribution is 6.31. The molecule has 88 valence electrons. The largest absolute Gasteiger partial charge is 0.368 e. The van der Waals surface area contributed by atoms with Gasteiger partial charge in [0.25, 0.3) is 0 Å². The van der Waals surface area contributed by atoms with Gasteiger partial charge in [-0.15, -0.1) is 0 Å². The SMILES string of the molecule is Cc1c(C2=NCCN2)c2cc(Cl)ccc2n1C. The Labute approximate surface area is 105 Å². The number of aromatic nitrogens is 1. The van der Waals surface area contributed by atoms with Gasteiger partial charge in [0, 0.05) is 40.8 Å². The molecule has 3 nitrogen and oxygen atoms in total. The number of aliphatic imine (C=N–C) groups is 1. The molecular formula is C13H14ClN3. The first kappa shape index (κ1) is 10.7. The lowest BCUT2D eigenvalue weighted by atomic mass is 10.1. The summed E-state index contributed by atoms with van der Waals surface area (Å²) in [5.41, 5.74) is 3.59. The number of amidine groups is 1. The van der Waals surface area contributed by atoms with Crippen molar-refractivity contribution in [3.05, 3.63) is 34.5 Å². The minimum Gasteiger partial charge on any atom is -0.368 e. The van der Waals surface area contributed by atoms with Crippen LogP contribution in [0.2, 0.25) is 5.02 Å². The van der Waals surface area contributed by atoms with Gasteiger partial charge in [0.1, 0.15) is 5.84 Å². The molecule has 2 heterocycles. The molecule has 0 aliphatic carbocycles. The van der Waals surface area contributed by atoms with Crippen molar-refractivity contribution < 1.29 is 0 Å². The highest BCUT2D eigenvalue weighted by Gasteiger charge is 2.18. The average molecular weight is 248 g/mol. The van der Waals surface area contributed by atoms with Crippen LogP contribution in [-0.2, 0) is 7.05 Å². The van der Waals surface area contributed by atoms with Crippen molar-refractivity contribution >= 4 is 28.3 Å². The predicted octanol–water partition coefficient (Wildman–Crippen LogP) is 2.49. The molecule has 4 heteroatoms. The van der Waals surface area contributed by atoms with E-state index in [0.29, 0.717) is 0 Å². The fourth-order valence-electron chi connectivity index (χ4n) is 2.41. The third-order valence-corrected chi connectivity index (χ3v) is 3.60. The van der Waals surface area contributed by atoms with Gasteiger partial charge in [-0.2, -0.15) is 0 Å². The van der Waals surface area contributed by atoms with Crippen LogP contribution in [0, 0.1) is 6.92 Å². The minimum absolute atomic E-state index is 0.767. The van der Waals surface area contributed by atoms with E-state index in [4.69, 9.17) is 11.6 Å². The maximum Gasteiger partial charge on any atom is 0.130 e. The second-order valence-electron chi connectivity index (χ2n) is 4.34. The van der Waals surface area contributed by atoms with Crippen LogP contribution in [0.4, 0.5) is 0 Å². The molecule has 0 bridgehead atoms. The number of nitrogens with zero attached hydrogens (tertiary/aromatic N) is 2. The van der Waals surface area contributed by atoms with Gasteiger partial charge in [0.05, 0.1) is 6.54 Å². The molecule has 0 saturated heterocycles. The molecule has 0 fully saturated rings. The Bertz CT molecular complexity index is 625. The molecule has 0 radical (unpaired) electrons. The van der Waals surface area contributed by atoms with Crippen molar-refractivity contribution in [2.24, 2.45) is 12.0 Å². The molecule has 1 aliphatic rings. The lowest BCUT2D eigenvalue weighted by molar-refractivity contribution is 0.913. The number of halogens is 1. The van der Waals surface area contributed by atoms with Crippen molar-refractivity contribution in [1.29, 1.82) is 0 Å². The van der Waals surface area contributed by atoms with Gasteiger partial charge in [0.2, 0.25) is 0 Å². The number of hydrogen-bond donors (Lipinski definition) is 1. The van der Waals surface area contributed by atoms with E-state index in [1.54, 1.807) is 0 Å². The smallest absolute Gasteiger partial charge is 0.130 e. The van der Waals surface area contributed by atoms with Crippen LogP contribution in [0.3, 0.4) is 0 Å². The van der Waals surface area contributed by atoms with Gasteiger partial charge in [-0.3, -0.25) is 4.99 Å². The Morgan fingerprint density at radius 3 is 2.94 bits per heavy atom. The van der Waals surface area contributed by atoms with Crippen LogP contribution in [0.15, 0.2) is 23.2 Å². The number of hydrogen-bond acceptors (Lipinski definition) is 2. The molecular weight excluding hydrogens is 234 g/mol. The maximum absolute atomic E-state index is 6.09. The molecule has 0 atom stereocenters. The quantitative estimate of drug-likeness (QED) is 0.824. The normalized spacial score (nSPS) is 15.1. The van der Waals surface area contributed by atoms with Crippen LogP contribution in [0.25, 0.3) is 10.9 Å². The zero-order chi connectivity index (χ0) is 12.0. The molecule has 3 rings (SSSR count). The van der Waals surface area contributed by atoms with Crippen LogP contribution >= 0.6 is 11.6 Å². The summed E-state index contributed by atoms with van der Waals surface area (Å²) in [5, 5.41) is 5.27. The average Bonchev–Trinajstić information content (AvgIpc) is 2.88. The zero-order valence-electron chi connectivity index (χ0n) is 9.92. The second kappa shape index (κ2) is 3.77. The fraction of sp³-hybridized carbons (Fsp3) is 0.308. The highest BCUT2D eigenvalue weighted by atomic mass is 35.5. The highest BCUT2D eigenvalue weighted by Crippen LogP contribution is 2.28. The van der Waals surface area contributed by atoms with Gasteiger partial charge < -0.3 is 9.88 Å². The van der Waals surface area contributed by atoms with Gasteiger partial charge >= 0.3 is 0 Å². The number of aryl methyl sites for hydroxylation is 1. The first-order valence-electron chi connectivity index (χ1n) is 5.71. The van der Waals surface area contributed by atoms with Gasteiger partial charge in [-0.05, 0) is 25.1 Å².